The molecule has 0 amide bonds. The van der Waals surface area contributed by atoms with Crippen LogP contribution in [0.3, 0.4) is 0 Å². The number of nitrogens with zero attached hydrogens (tertiary/aromatic N) is 1. The minimum atomic E-state index is -0.824. The predicted octanol–water partition coefficient (Wildman–Crippen LogP) is 1.18. The van der Waals surface area contributed by atoms with Gasteiger partial charge < -0.3 is 27.2 Å². The van der Waals surface area contributed by atoms with Crippen molar-refractivity contribution in [1.29, 1.82) is 0 Å². The third-order valence-corrected chi connectivity index (χ3v) is 4.51. The lowest BCUT2D eigenvalue weighted by atomic mass is 10.1. The zero-order chi connectivity index (χ0) is 18.7. The second kappa shape index (κ2) is 8.46. The van der Waals surface area contributed by atoms with Crippen LogP contribution >= 0.6 is 0 Å². The first kappa shape index (κ1) is 20.8. The summed E-state index contributed by atoms with van der Waals surface area (Å²) in [4.78, 5) is 14.8. The first-order valence-electron chi connectivity index (χ1n) is 8.76. The summed E-state index contributed by atoms with van der Waals surface area (Å²) in [6.07, 6.45) is 2.08. The van der Waals surface area contributed by atoms with Gasteiger partial charge in [0.1, 0.15) is 18.0 Å². The van der Waals surface area contributed by atoms with Crippen LogP contribution in [0.25, 0.3) is 10.9 Å². The average molecular weight is 389 g/mol. The van der Waals surface area contributed by atoms with Crippen LogP contribution in [-0.2, 0) is 11.3 Å². The standard InChI is InChI=1S/C21H24N2O3.ClH/c1-15(2)26-18-10-8-17(9-11-18)23(3,14-21(24)25)13-16-12-22-20-7-5-4-6-19(16)20;/h4-12,15,22H,13-14H2,1-3H3;1H. The van der Waals surface area contributed by atoms with Crippen molar-refractivity contribution in [2.45, 2.75) is 26.5 Å². The fourth-order valence-corrected chi connectivity index (χ4v) is 3.33. The average Bonchev–Trinajstić information content (AvgIpc) is 2.97. The van der Waals surface area contributed by atoms with Gasteiger partial charge in [-0.15, -0.1) is 0 Å². The number of carboxylic acids is 1. The van der Waals surface area contributed by atoms with E-state index in [2.05, 4.69) is 11.1 Å². The van der Waals surface area contributed by atoms with Crippen molar-refractivity contribution in [2.24, 2.45) is 0 Å². The fourth-order valence-electron chi connectivity index (χ4n) is 3.33. The van der Waals surface area contributed by atoms with Crippen LogP contribution in [0.1, 0.15) is 19.4 Å². The van der Waals surface area contributed by atoms with E-state index in [1.807, 2.05) is 69.6 Å². The Labute approximate surface area is 165 Å². The molecule has 0 aliphatic heterocycles. The highest BCUT2D eigenvalue weighted by Crippen LogP contribution is 2.29. The molecule has 0 radical (unpaired) electrons. The van der Waals surface area contributed by atoms with E-state index in [1.165, 1.54) is 0 Å². The lowest BCUT2D eigenvalue weighted by molar-refractivity contribution is -0.137. The highest BCUT2D eigenvalue weighted by molar-refractivity contribution is 5.83. The zero-order valence-corrected chi connectivity index (χ0v) is 16.5. The van der Waals surface area contributed by atoms with Crippen LogP contribution in [0.15, 0.2) is 54.7 Å². The van der Waals surface area contributed by atoms with E-state index >= 15 is 0 Å². The number of hydrogen-bond acceptors (Lipinski definition) is 2. The number of benzene rings is 2. The molecular formula is C21H25ClN2O3. The molecule has 0 saturated heterocycles. The van der Waals surface area contributed by atoms with Gasteiger partial charge >= 0.3 is 5.97 Å². The molecule has 144 valence electrons. The number of hydrogen-bond donors (Lipinski definition) is 2. The van der Waals surface area contributed by atoms with Gasteiger partial charge in [-0.05, 0) is 32.0 Å². The molecule has 1 aromatic heterocycles. The monoisotopic (exact) mass is 388 g/mol. The Kier molecular flexibility index (Phi) is 6.52. The van der Waals surface area contributed by atoms with E-state index < -0.39 is 5.97 Å². The minimum absolute atomic E-state index is 0. The molecule has 1 heterocycles. The second-order valence-corrected chi connectivity index (χ2v) is 7.13. The van der Waals surface area contributed by atoms with Crippen molar-refractivity contribution in [2.75, 3.05) is 13.6 Å². The molecule has 0 aliphatic rings. The Morgan fingerprint density at radius 3 is 2.44 bits per heavy atom. The van der Waals surface area contributed by atoms with Gasteiger partial charge in [0.25, 0.3) is 0 Å². The lowest BCUT2D eigenvalue weighted by Gasteiger charge is -2.32. The molecule has 0 aliphatic carbocycles. The van der Waals surface area contributed by atoms with Gasteiger partial charge in [0, 0.05) is 34.8 Å². The van der Waals surface area contributed by atoms with E-state index in [-0.39, 0.29) is 29.5 Å². The van der Waals surface area contributed by atoms with E-state index in [0.717, 1.165) is 27.9 Å². The Morgan fingerprint density at radius 1 is 1.15 bits per heavy atom. The summed E-state index contributed by atoms with van der Waals surface area (Å²) in [6.45, 7) is 4.55. The molecular weight excluding hydrogens is 364 g/mol. The molecule has 2 aromatic carbocycles. The number of ether oxygens (including phenoxy) is 1. The van der Waals surface area contributed by atoms with Crippen molar-refractivity contribution in [1.82, 2.24) is 9.47 Å². The fraction of sp³-hybridized carbons (Fsp3) is 0.286. The van der Waals surface area contributed by atoms with Crippen molar-refractivity contribution in [3.05, 3.63) is 60.3 Å². The maximum absolute atomic E-state index is 11.5. The molecule has 2 N–H and O–H groups in total. The lowest BCUT2D eigenvalue weighted by Crippen LogP contribution is -3.00. The molecule has 0 bridgehead atoms. The molecule has 27 heavy (non-hydrogen) atoms. The number of para-hydroxylation sites is 1. The third kappa shape index (κ3) is 4.81. The van der Waals surface area contributed by atoms with E-state index in [0.29, 0.717) is 6.54 Å². The number of aromatic amines is 1. The summed E-state index contributed by atoms with van der Waals surface area (Å²) < 4.78 is 5.98. The first-order valence-corrected chi connectivity index (χ1v) is 8.76. The molecule has 1 unspecified atom stereocenters. The number of aromatic nitrogens is 1. The predicted molar refractivity (Wildman–Crippen MR) is 104 cm³/mol. The minimum Gasteiger partial charge on any atom is -1.00 e. The smallest absolute Gasteiger partial charge is 0.359 e. The number of carbonyl (C=O) groups is 1. The van der Waals surface area contributed by atoms with Crippen LogP contribution in [0.5, 0.6) is 5.75 Å². The van der Waals surface area contributed by atoms with Crippen LogP contribution in [0.2, 0.25) is 0 Å². The zero-order valence-electron chi connectivity index (χ0n) is 15.8. The molecule has 5 nitrogen and oxygen atoms in total. The van der Waals surface area contributed by atoms with E-state index in [9.17, 15) is 9.90 Å². The highest BCUT2D eigenvalue weighted by atomic mass is 35.5. The molecule has 6 heteroatoms. The molecule has 1 atom stereocenters. The third-order valence-electron chi connectivity index (χ3n) is 4.51. The van der Waals surface area contributed by atoms with Gasteiger partial charge in [-0.3, -0.25) is 4.48 Å². The number of nitrogens with one attached hydrogen (secondary N) is 1. The number of H-pyrrole nitrogens is 1. The van der Waals surface area contributed by atoms with Crippen LogP contribution in [0.4, 0.5) is 5.69 Å². The molecule has 0 spiro atoms. The molecule has 0 fully saturated rings. The number of halogens is 1. The summed E-state index contributed by atoms with van der Waals surface area (Å²) in [5.74, 6) is -0.0347. The summed E-state index contributed by atoms with van der Waals surface area (Å²) >= 11 is 0. The van der Waals surface area contributed by atoms with Crippen LogP contribution < -0.4 is 21.6 Å². The van der Waals surface area contributed by atoms with Gasteiger partial charge in [0.05, 0.1) is 13.2 Å². The summed E-state index contributed by atoms with van der Waals surface area (Å²) in [7, 11) is 1.95. The van der Waals surface area contributed by atoms with Gasteiger partial charge in [0.15, 0.2) is 6.54 Å². The van der Waals surface area contributed by atoms with Gasteiger partial charge in [-0.25, -0.2) is 4.79 Å². The highest BCUT2D eigenvalue weighted by Gasteiger charge is 2.30. The van der Waals surface area contributed by atoms with Crippen molar-refractivity contribution in [3.63, 3.8) is 0 Å². The SMILES string of the molecule is CC(C)Oc1ccc([N+](C)(CC(=O)O)Cc2c[nH]c3ccccc23)cc1.[Cl-]. The topological polar surface area (TPSA) is 62.3 Å². The Bertz CT molecular complexity index is 905. The van der Waals surface area contributed by atoms with Crippen molar-refractivity contribution in [3.8, 4) is 5.75 Å². The maximum atomic E-state index is 11.5. The maximum Gasteiger partial charge on any atom is 0.359 e. The van der Waals surface area contributed by atoms with Crippen molar-refractivity contribution >= 4 is 22.6 Å². The van der Waals surface area contributed by atoms with Crippen LogP contribution in [0, 0.1) is 0 Å². The number of carboxylic acid groups (broad SMARTS) is 1. The quantitative estimate of drug-likeness (QED) is 0.597. The normalized spacial score (nSPS) is 13.2. The van der Waals surface area contributed by atoms with Crippen LogP contribution in [-0.4, -0.2) is 35.8 Å². The Hall–Kier alpha value is -2.50. The molecule has 3 rings (SSSR count). The Morgan fingerprint density at radius 2 is 1.81 bits per heavy atom. The Balaban J connectivity index is 0.00000261. The summed E-state index contributed by atoms with van der Waals surface area (Å²) in [5.41, 5.74) is 3.10. The second-order valence-electron chi connectivity index (χ2n) is 7.13. The molecule has 3 aromatic rings. The largest absolute Gasteiger partial charge is 1.00 e. The number of quaternary nitrogens is 1. The summed E-state index contributed by atoms with van der Waals surface area (Å²) in [5, 5.41) is 10.6. The van der Waals surface area contributed by atoms with Gasteiger partial charge in [-0.2, -0.15) is 0 Å². The summed E-state index contributed by atoms with van der Waals surface area (Å²) in [6, 6.07) is 15.8. The first-order chi connectivity index (χ1) is 12.4. The van der Waals surface area contributed by atoms with Gasteiger partial charge in [-0.1, -0.05) is 18.2 Å². The number of aliphatic carboxylic acids is 1. The molecule has 0 saturated carbocycles. The van der Waals surface area contributed by atoms with E-state index in [4.69, 9.17) is 4.74 Å². The number of rotatable bonds is 7. The van der Waals surface area contributed by atoms with Crippen molar-refractivity contribution < 1.29 is 27.0 Å². The van der Waals surface area contributed by atoms with Gasteiger partial charge in [0.2, 0.25) is 0 Å². The number of fused-ring (bicyclic) bond motifs is 1. The van der Waals surface area contributed by atoms with E-state index in [1.54, 1.807) is 0 Å². The number of likely N-dealkylation sites (N-methyl/N-ethyl adjacent to an activating group) is 1.